The molecule has 0 atom stereocenters. The largest absolute Gasteiger partial charge is 0.341 e. The van der Waals surface area contributed by atoms with E-state index in [-0.39, 0.29) is 16.3 Å². The molecule has 1 rings (SSSR count). The Balaban J connectivity index is 2.83. The third kappa shape index (κ3) is 3.68. The molecule has 0 aliphatic heterocycles. The molecule has 0 saturated heterocycles. The maximum absolute atomic E-state index is 13.0. The smallest absolute Gasteiger partial charge is 0.253 e. The Hall–Kier alpha value is -1.13. The van der Waals surface area contributed by atoms with Crippen LogP contribution in [0.1, 0.15) is 24.2 Å². The van der Waals surface area contributed by atoms with Crippen LogP contribution in [-0.2, 0) is 0 Å². The fourth-order valence-electron chi connectivity index (χ4n) is 1.63. The van der Waals surface area contributed by atoms with Crippen molar-refractivity contribution < 1.29 is 9.18 Å². The number of carbonyl (C=O) groups excluding carboxylic acids is 1. The lowest BCUT2D eigenvalue weighted by atomic mass is 9.93. The summed E-state index contributed by atoms with van der Waals surface area (Å²) in [6, 6.07) is 3.96. The Morgan fingerprint density at radius 1 is 1.50 bits per heavy atom. The van der Waals surface area contributed by atoms with Crippen molar-refractivity contribution in [2.45, 2.75) is 13.8 Å². The van der Waals surface area contributed by atoms with Crippen LogP contribution in [0.15, 0.2) is 18.2 Å². The highest BCUT2D eigenvalue weighted by Gasteiger charge is 2.22. The number of nitrogens with zero attached hydrogens (tertiary/aromatic N) is 1. The van der Waals surface area contributed by atoms with Gasteiger partial charge in [-0.25, -0.2) is 4.39 Å². The second-order valence-corrected chi connectivity index (χ2v) is 5.57. The average Bonchev–Trinajstić information content (AvgIpc) is 2.31. The number of rotatable bonds is 4. The van der Waals surface area contributed by atoms with Gasteiger partial charge < -0.3 is 10.6 Å². The summed E-state index contributed by atoms with van der Waals surface area (Å²) in [5.74, 6) is -0.725. The first-order chi connectivity index (χ1) is 8.26. The lowest BCUT2D eigenvalue weighted by Gasteiger charge is -2.29. The van der Waals surface area contributed by atoms with Gasteiger partial charge in [0.2, 0.25) is 0 Å². The van der Waals surface area contributed by atoms with Gasteiger partial charge in [0.1, 0.15) is 5.82 Å². The SMILES string of the molecule is CN(CC(C)(C)CN)C(=O)c1ccc(F)c(Cl)c1. The minimum absolute atomic E-state index is 0.0488. The molecule has 1 aromatic carbocycles. The Kier molecular flexibility index (Phi) is 4.71. The molecule has 1 amide bonds. The molecule has 0 radical (unpaired) electrons. The highest BCUT2D eigenvalue weighted by atomic mass is 35.5. The lowest BCUT2D eigenvalue weighted by Crippen LogP contribution is -2.39. The standard InChI is InChI=1S/C13H18ClFN2O/c1-13(2,7-16)8-17(3)12(18)9-4-5-11(15)10(14)6-9/h4-6H,7-8,16H2,1-3H3. The number of amides is 1. The summed E-state index contributed by atoms with van der Waals surface area (Å²) in [7, 11) is 1.69. The van der Waals surface area contributed by atoms with Crippen molar-refractivity contribution in [3.05, 3.63) is 34.6 Å². The second kappa shape index (κ2) is 5.67. The quantitative estimate of drug-likeness (QED) is 0.916. The van der Waals surface area contributed by atoms with E-state index in [2.05, 4.69) is 0 Å². The highest BCUT2D eigenvalue weighted by molar-refractivity contribution is 6.31. The molecule has 0 aromatic heterocycles. The molecule has 0 unspecified atom stereocenters. The molecular formula is C13H18ClFN2O. The van der Waals surface area contributed by atoms with Gasteiger partial charge in [-0.1, -0.05) is 25.4 Å². The minimum atomic E-state index is -0.529. The molecule has 3 nitrogen and oxygen atoms in total. The molecule has 5 heteroatoms. The number of benzene rings is 1. The molecular weight excluding hydrogens is 255 g/mol. The number of hydrogen-bond acceptors (Lipinski definition) is 2. The van der Waals surface area contributed by atoms with Crippen LogP contribution in [0.25, 0.3) is 0 Å². The van der Waals surface area contributed by atoms with E-state index in [0.29, 0.717) is 18.7 Å². The third-order valence-electron chi connectivity index (χ3n) is 2.73. The zero-order valence-electron chi connectivity index (χ0n) is 10.8. The first kappa shape index (κ1) is 14.9. The van der Waals surface area contributed by atoms with Crippen LogP contribution in [-0.4, -0.2) is 30.9 Å². The van der Waals surface area contributed by atoms with E-state index in [0.717, 1.165) is 0 Å². The monoisotopic (exact) mass is 272 g/mol. The van der Waals surface area contributed by atoms with Crippen molar-refractivity contribution in [3.63, 3.8) is 0 Å². The Morgan fingerprint density at radius 2 is 2.11 bits per heavy atom. The summed E-state index contributed by atoms with van der Waals surface area (Å²) in [5.41, 5.74) is 5.84. The number of halogens is 2. The Bertz CT molecular complexity index is 449. The topological polar surface area (TPSA) is 46.3 Å². The maximum Gasteiger partial charge on any atom is 0.253 e. The highest BCUT2D eigenvalue weighted by Crippen LogP contribution is 2.19. The van der Waals surface area contributed by atoms with Crippen LogP contribution in [0.4, 0.5) is 4.39 Å². The van der Waals surface area contributed by atoms with E-state index in [1.54, 1.807) is 11.9 Å². The zero-order chi connectivity index (χ0) is 13.9. The van der Waals surface area contributed by atoms with Crippen LogP contribution >= 0.6 is 11.6 Å². The van der Waals surface area contributed by atoms with E-state index in [1.807, 2.05) is 13.8 Å². The van der Waals surface area contributed by atoms with Crippen molar-refractivity contribution in [1.29, 1.82) is 0 Å². The molecule has 18 heavy (non-hydrogen) atoms. The first-order valence-electron chi connectivity index (χ1n) is 5.67. The summed E-state index contributed by atoms with van der Waals surface area (Å²) in [4.78, 5) is 13.7. The average molecular weight is 273 g/mol. The van der Waals surface area contributed by atoms with Gasteiger partial charge in [-0.2, -0.15) is 0 Å². The van der Waals surface area contributed by atoms with Crippen LogP contribution < -0.4 is 5.73 Å². The van der Waals surface area contributed by atoms with Gasteiger partial charge in [0, 0.05) is 19.2 Å². The van der Waals surface area contributed by atoms with Crippen LogP contribution in [0, 0.1) is 11.2 Å². The molecule has 0 heterocycles. The fraction of sp³-hybridized carbons (Fsp3) is 0.462. The van der Waals surface area contributed by atoms with Gasteiger partial charge in [0.05, 0.1) is 5.02 Å². The van der Waals surface area contributed by atoms with E-state index >= 15 is 0 Å². The van der Waals surface area contributed by atoms with Crippen LogP contribution in [0.5, 0.6) is 0 Å². The van der Waals surface area contributed by atoms with Crippen LogP contribution in [0.2, 0.25) is 5.02 Å². The summed E-state index contributed by atoms with van der Waals surface area (Å²) >= 11 is 5.66. The molecule has 0 spiro atoms. The summed E-state index contributed by atoms with van der Waals surface area (Å²) in [6.45, 7) is 4.97. The predicted molar refractivity (Wildman–Crippen MR) is 71.2 cm³/mol. The first-order valence-corrected chi connectivity index (χ1v) is 6.05. The van der Waals surface area contributed by atoms with Gasteiger partial charge in [0.25, 0.3) is 5.91 Å². The van der Waals surface area contributed by atoms with Gasteiger partial charge in [-0.05, 0) is 30.2 Å². The summed E-state index contributed by atoms with van der Waals surface area (Å²) in [5, 5.41) is -0.0488. The molecule has 1 aromatic rings. The van der Waals surface area contributed by atoms with Crippen molar-refractivity contribution >= 4 is 17.5 Å². The maximum atomic E-state index is 13.0. The molecule has 100 valence electrons. The summed E-state index contributed by atoms with van der Waals surface area (Å²) < 4.78 is 13.0. The molecule has 2 N–H and O–H groups in total. The lowest BCUT2D eigenvalue weighted by molar-refractivity contribution is 0.0740. The summed E-state index contributed by atoms with van der Waals surface area (Å²) in [6.07, 6.45) is 0. The molecule has 0 fully saturated rings. The number of hydrogen-bond donors (Lipinski definition) is 1. The van der Waals surface area contributed by atoms with Crippen molar-refractivity contribution in [2.24, 2.45) is 11.1 Å². The van der Waals surface area contributed by atoms with E-state index in [1.165, 1.54) is 18.2 Å². The van der Waals surface area contributed by atoms with Gasteiger partial charge in [-0.3, -0.25) is 4.79 Å². The van der Waals surface area contributed by atoms with E-state index in [4.69, 9.17) is 17.3 Å². The zero-order valence-corrected chi connectivity index (χ0v) is 11.6. The Morgan fingerprint density at radius 3 is 2.61 bits per heavy atom. The molecule has 0 bridgehead atoms. The number of nitrogens with two attached hydrogens (primary N) is 1. The van der Waals surface area contributed by atoms with Crippen molar-refractivity contribution in [1.82, 2.24) is 4.90 Å². The van der Waals surface area contributed by atoms with E-state index in [9.17, 15) is 9.18 Å². The van der Waals surface area contributed by atoms with E-state index < -0.39 is 5.82 Å². The van der Waals surface area contributed by atoms with Crippen molar-refractivity contribution in [3.8, 4) is 0 Å². The minimum Gasteiger partial charge on any atom is -0.341 e. The van der Waals surface area contributed by atoms with Gasteiger partial charge in [0.15, 0.2) is 0 Å². The molecule has 0 saturated carbocycles. The van der Waals surface area contributed by atoms with Gasteiger partial charge >= 0.3 is 0 Å². The second-order valence-electron chi connectivity index (χ2n) is 5.16. The van der Waals surface area contributed by atoms with Crippen molar-refractivity contribution in [2.75, 3.05) is 20.1 Å². The normalized spacial score (nSPS) is 11.4. The molecule has 0 aliphatic rings. The number of carbonyl (C=O) groups is 1. The third-order valence-corrected chi connectivity index (χ3v) is 3.02. The Labute approximate surface area is 112 Å². The van der Waals surface area contributed by atoms with Crippen LogP contribution in [0.3, 0.4) is 0 Å². The van der Waals surface area contributed by atoms with Gasteiger partial charge in [-0.15, -0.1) is 0 Å². The predicted octanol–water partition coefficient (Wildman–Crippen LogP) is 2.54. The fourth-order valence-corrected chi connectivity index (χ4v) is 1.81. The molecule has 0 aliphatic carbocycles.